The van der Waals surface area contributed by atoms with Crippen LogP contribution in [0.1, 0.15) is 61.3 Å². The lowest BCUT2D eigenvalue weighted by atomic mass is 10.1. The molecule has 0 radical (unpaired) electrons. The molecular formula is C27H32ClN3O3S. The summed E-state index contributed by atoms with van der Waals surface area (Å²) in [6, 6.07) is 11.7. The summed E-state index contributed by atoms with van der Waals surface area (Å²) in [4.78, 5) is 43.4. The maximum absolute atomic E-state index is 13.4. The van der Waals surface area contributed by atoms with Gasteiger partial charge in [0, 0.05) is 29.2 Å². The highest BCUT2D eigenvalue weighted by molar-refractivity contribution is 7.99. The Labute approximate surface area is 215 Å². The second kappa shape index (κ2) is 12.4. The molecule has 0 aliphatic rings. The lowest BCUT2D eigenvalue weighted by Gasteiger charge is -2.14. The monoisotopic (exact) mass is 513 g/mol. The van der Waals surface area contributed by atoms with Crippen molar-refractivity contribution in [3.05, 3.63) is 69.0 Å². The Morgan fingerprint density at radius 2 is 1.66 bits per heavy atom. The normalized spacial score (nSPS) is 11.4. The minimum absolute atomic E-state index is 0.0743. The number of nitrogens with one attached hydrogen (secondary N) is 1. The van der Waals surface area contributed by atoms with Crippen molar-refractivity contribution in [3.63, 3.8) is 0 Å². The van der Waals surface area contributed by atoms with E-state index >= 15 is 0 Å². The second-order valence-corrected chi connectivity index (χ2v) is 10.8. The molecule has 0 aliphatic carbocycles. The van der Waals surface area contributed by atoms with Crippen molar-refractivity contribution in [1.82, 2.24) is 14.9 Å². The first-order valence-electron chi connectivity index (χ1n) is 11.9. The largest absolute Gasteiger partial charge is 0.352 e. The number of amides is 1. The van der Waals surface area contributed by atoms with Crippen molar-refractivity contribution in [1.29, 1.82) is 0 Å². The fourth-order valence-electron chi connectivity index (χ4n) is 3.46. The molecular weight excluding hydrogens is 482 g/mol. The number of carbonyl (C=O) groups excluding carboxylic acids is 2. The van der Waals surface area contributed by atoms with E-state index in [0.29, 0.717) is 57.1 Å². The van der Waals surface area contributed by atoms with Crippen molar-refractivity contribution in [2.24, 2.45) is 11.8 Å². The molecule has 1 amide bonds. The van der Waals surface area contributed by atoms with Crippen molar-refractivity contribution < 1.29 is 9.59 Å². The van der Waals surface area contributed by atoms with Gasteiger partial charge in [-0.1, -0.05) is 51.1 Å². The van der Waals surface area contributed by atoms with Gasteiger partial charge in [-0.3, -0.25) is 19.0 Å². The van der Waals surface area contributed by atoms with Crippen molar-refractivity contribution >= 4 is 46.0 Å². The van der Waals surface area contributed by atoms with Gasteiger partial charge >= 0.3 is 0 Å². The van der Waals surface area contributed by atoms with Gasteiger partial charge in [-0.15, -0.1) is 0 Å². The molecule has 1 N–H and O–H groups in total. The molecule has 0 fully saturated rings. The van der Waals surface area contributed by atoms with Crippen molar-refractivity contribution in [2.75, 3.05) is 12.3 Å². The second-order valence-electron chi connectivity index (χ2n) is 9.42. The van der Waals surface area contributed by atoms with E-state index in [9.17, 15) is 14.4 Å². The number of ketones is 1. The number of carbonyl (C=O) groups is 2. The minimum Gasteiger partial charge on any atom is -0.352 e. The van der Waals surface area contributed by atoms with Gasteiger partial charge < -0.3 is 5.32 Å². The van der Waals surface area contributed by atoms with Gasteiger partial charge in [-0.05, 0) is 67.1 Å². The number of benzene rings is 2. The summed E-state index contributed by atoms with van der Waals surface area (Å²) in [7, 11) is 0. The Hall–Kier alpha value is -2.64. The zero-order chi connectivity index (χ0) is 25.5. The first-order chi connectivity index (χ1) is 16.7. The summed E-state index contributed by atoms with van der Waals surface area (Å²) in [6.07, 6.45) is 1.70. The van der Waals surface area contributed by atoms with Crippen LogP contribution >= 0.6 is 23.4 Å². The maximum atomic E-state index is 13.4. The third-order valence-electron chi connectivity index (χ3n) is 5.62. The molecule has 8 heteroatoms. The highest BCUT2D eigenvalue weighted by Crippen LogP contribution is 2.22. The molecule has 0 spiro atoms. The first-order valence-corrected chi connectivity index (χ1v) is 13.3. The average Bonchev–Trinajstić information content (AvgIpc) is 2.81. The van der Waals surface area contributed by atoms with E-state index < -0.39 is 0 Å². The number of thioether (sulfide) groups is 1. The van der Waals surface area contributed by atoms with Crippen LogP contribution in [0.25, 0.3) is 10.9 Å². The summed E-state index contributed by atoms with van der Waals surface area (Å²) in [5, 5.41) is 4.42. The third-order valence-corrected chi connectivity index (χ3v) is 6.85. The number of Topliss-reactive ketones (excluding diaryl/α,β-unsaturated/α-hetero) is 1. The number of fused-ring (bicyclic) bond motifs is 1. The number of halogens is 1. The number of aromatic nitrogens is 2. The smallest absolute Gasteiger partial charge is 0.262 e. The first kappa shape index (κ1) is 27.0. The molecule has 186 valence electrons. The number of hydrogen-bond donors (Lipinski definition) is 1. The van der Waals surface area contributed by atoms with Crippen LogP contribution in [0.4, 0.5) is 0 Å². The lowest BCUT2D eigenvalue weighted by Crippen LogP contribution is -2.26. The molecule has 0 aliphatic heterocycles. The van der Waals surface area contributed by atoms with Gasteiger partial charge in [0.2, 0.25) is 0 Å². The van der Waals surface area contributed by atoms with Crippen LogP contribution in [0.5, 0.6) is 0 Å². The molecule has 1 heterocycles. The maximum Gasteiger partial charge on any atom is 0.262 e. The van der Waals surface area contributed by atoms with Gasteiger partial charge in [0.05, 0.1) is 16.7 Å². The van der Waals surface area contributed by atoms with E-state index in [1.165, 1.54) is 11.8 Å². The van der Waals surface area contributed by atoms with Crippen LogP contribution in [0, 0.1) is 11.8 Å². The van der Waals surface area contributed by atoms with E-state index in [4.69, 9.17) is 16.6 Å². The van der Waals surface area contributed by atoms with E-state index in [0.717, 1.165) is 12.8 Å². The molecule has 3 aromatic rings. The average molecular weight is 514 g/mol. The van der Waals surface area contributed by atoms with Crippen LogP contribution in [0.3, 0.4) is 0 Å². The summed E-state index contributed by atoms with van der Waals surface area (Å²) < 4.78 is 1.64. The molecule has 6 nitrogen and oxygen atoms in total. The summed E-state index contributed by atoms with van der Waals surface area (Å²) in [5.74, 6) is 0.771. The molecule has 0 bridgehead atoms. The van der Waals surface area contributed by atoms with Gasteiger partial charge in [0.1, 0.15) is 0 Å². The van der Waals surface area contributed by atoms with Gasteiger partial charge in [0.15, 0.2) is 10.9 Å². The number of nitrogens with zero attached hydrogens (tertiary/aromatic N) is 2. The predicted molar refractivity (Wildman–Crippen MR) is 144 cm³/mol. The summed E-state index contributed by atoms with van der Waals surface area (Å²) in [6.45, 7) is 9.50. The number of rotatable bonds is 11. The van der Waals surface area contributed by atoms with Crippen molar-refractivity contribution in [2.45, 2.75) is 52.2 Å². The van der Waals surface area contributed by atoms with Crippen LogP contribution in [-0.4, -0.2) is 33.5 Å². The molecule has 2 aromatic carbocycles. The number of hydrogen-bond acceptors (Lipinski definition) is 5. The van der Waals surface area contributed by atoms with Crippen LogP contribution < -0.4 is 10.9 Å². The van der Waals surface area contributed by atoms with E-state index in [1.54, 1.807) is 47.0 Å². The van der Waals surface area contributed by atoms with E-state index in [1.807, 2.05) is 0 Å². The Morgan fingerprint density at radius 3 is 2.31 bits per heavy atom. The molecule has 0 atom stereocenters. The Morgan fingerprint density at radius 1 is 1.00 bits per heavy atom. The molecule has 35 heavy (non-hydrogen) atoms. The van der Waals surface area contributed by atoms with E-state index in [2.05, 4.69) is 33.0 Å². The topological polar surface area (TPSA) is 81.1 Å². The fourth-order valence-corrected chi connectivity index (χ4v) is 4.51. The van der Waals surface area contributed by atoms with Crippen LogP contribution in [0.15, 0.2) is 52.4 Å². The quantitative estimate of drug-likeness (QED) is 0.198. The Balaban J connectivity index is 1.90. The predicted octanol–water partition coefficient (Wildman–Crippen LogP) is 5.85. The fraction of sp³-hybridized carbons (Fsp3) is 0.407. The van der Waals surface area contributed by atoms with Crippen molar-refractivity contribution in [3.8, 4) is 0 Å². The van der Waals surface area contributed by atoms with Gasteiger partial charge in [0.25, 0.3) is 11.5 Å². The zero-order valence-electron chi connectivity index (χ0n) is 20.6. The van der Waals surface area contributed by atoms with Gasteiger partial charge in [-0.2, -0.15) is 0 Å². The molecule has 0 unspecified atom stereocenters. The zero-order valence-corrected chi connectivity index (χ0v) is 22.2. The molecule has 1 aromatic heterocycles. The Kier molecular flexibility index (Phi) is 9.52. The van der Waals surface area contributed by atoms with E-state index in [-0.39, 0.29) is 23.0 Å². The van der Waals surface area contributed by atoms with Gasteiger partial charge in [-0.25, -0.2) is 4.98 Å². The standard InChI is InChI=1S/C27H32ClN3O3S/c1-17(2)11-13-29-25(33)20-7-10-22-23(15-20)30-27(31(26(22)34)14-12-18(3)4)35-16-24(32)19-5-8-21(28)9-6-19/h5-10,15,17-18H,11-14,16H2,1-4H3,(H,29,33). The summed E-state index contributed by atoms with van der Waals surface area (Å²) in [5.41, 5.74) is 1.30. The van der Waals surface area contributed by atoms with Crippen LogP contribution in [-0.2, 0) is 6.54 Å². The third kappa shape index (κ3) is 7.42. The molecule has 0 saturated heterocycles. The SMILES string of the molecule is CC(C)CCNC(=O)c1ccc2c(=O)n(CCC(C)C)c(SCC(=O)c3ccc(Cl)cc3)nc2c1. The highest BCUT2D eigenvalue weighted by atomic mass is 35.5. The molecule has 3 rings (SSSR count). The lowest BCUT2D eigenvalue weighted by molar-refractivity contribution is 0.0951. The highest BCUT2D eigenvalue weighted by Gasteiger charge is 2.16. The van der Waals surface area contributed by atoms with Crippen LogP contribution in [0.2, 0.25) is 5.02 Å². The molecule has 0 saturated carbocycles. The summed E-state index contributed by atoms with van der Waals surface area (Å²) >= 11 is 7.16. The minimum atomic E-state index is -0.189. The Bertz CT molecular complexity index is 1250.